The first-order chi connectivity index (χ1) is 12.2. The predicted molar refractivity (Wildman–Crippen MR) is 94.3 cm³/mol. The van der Waals surface area contributed by atoms with Crippen molar-refractivity contribution in [3.63, 3.8) is 0 Å². The molecule has 1 saturated heterocycles. The van der Waals surface area contributed by atoms with E-state index in [9.17, 15) is 9.59 Å². The zero-order valence-corrected chi connectivity index (χ0v) is 14.9. The number of aromatic nitrogens is 2. The molecule has 0 radical (unpaired) electrons. The van der Waals surface area contributed by atoms with Gasteiger partial charge in [0.2, 0.25) is 5.91 Å². The van der Waals surface area contributed by atoms with E-state index in [0.717, 1.165) is 62.7 Å². The van der Waals surface area contributed by atoms with Gasteiger partial charge in [0, 0.05) is 30.4 Å². The SMILES string of the molecule is O=C(NC1CCCCC1)[C@H]1CCCN(C(=O)c2n[nH]c3c2CCC3)C1. The maximum absolute atomic E-state index is 12.9. The summed E-state index contributed by atoms with van der Waals surface area (Å²) in [6.45, 7) is 1.26. The molecule has 0 unspecified atom stereocenters. The van der Waals surface area contributed by atoms with Gasteiger partial charge in [-0.2, -0.15) is 5.10 Å². The van der Waals surface area contributed by atoms with Crippen molar-refractivity contribution in [3.8, 4) is 0 Å². The molecular weight excluding hydrogens is 316 g/mol. The predicted octanol–water partition coefficient (Wildman–Crippen LogP) is 2.20. The minimum absolute atomic E-state index is 0.00503. The minimum atomic E-state index is -0.0772. The zero-order valence-electron chi connectivity index (χ0n) is 14.9. The van der Waals surface area contributed by atoms with Gasteiger partial charge in [0.1, 0.15) is 0 Å². The number of carbonyl (C=O) groups is 2. The standard InChI is InChI=1S/C19H28N4O2/c24-18(20-14-7-2-1-3-8-14)13-6-5-11-23(12-13)19(25)17-15-9-4-10-16(15)21-22-17/h13-14H,1-12H2,(H,20,24)(H,21,22)/t13-/m0/s1. The number of H-pyrrole nitrogens is 1. The molecule has 6 heteroatoms. The monoisotopic (exact) mass is 344 g/mol. The molecule has 2 fully saturated rings. The highest BCUT2D eigenvalue weighted by molar-refractivity contribution is 5.94. The Morgan fingerprint density at radius 2 is 1.88 bits per heavy atom. The second-order valence-corrected chi connectivity index (χ2v) is 7.82. The van der Waals surface area contributed by atoms with E-state index in [1.165, 1.54) is 19.3 Å². The molecule has 0 aromatic carbocycles. The Labute approximate surface area is 148 Å². The number of aromatic amines is 1. The summed E-state index contributed by atoms with van der Waals surface area (Å²) in [6.07, 6.45) is 10.7. The molecule has 25 heavy (non-hydrogen) atoms. The quantitative estimate of drug-likeness (QED) is 0.882. The number of fused-ring (bicyclic) bond motifs is 1. The van der Waals surface area contributed by atoms with Gasteiger partial charge in [-0.05, 0) is 44.9 Å². The van der Waals surface area contributed by atoms with Gasteiger partial charge < -0.3 is 10.2 Å². The van der Waals surface area contributed by atoms with E-state index in [4.69, 9.17) is 0 Å². The summed E-state index contributed by atoms with van der Waals surface area (Å²) in [5.74, 6) is 0.0536. The van der Waals surface area contributed by atoms with Crippen LogP contribution in [0.4, 0.5) is 0 Å². The molecule has 0 spiro atoms. The van der Waals surface area contributed by atoms with Crippen molar-refractivity contribution in [2.75, 3.05) is 13.1 Å². The molecule has 6 nitrogen and oxygen atoms in total. The number of piperidine rings is 1. The molecule has 2 heterocycles. The number of likely N-dealkylation sites (tertiary alicyclic amines) is 1. The summed E-state index contributed by atoms with van der Waals surface area (Å²) in [7, 11) is 0. The molecule has 0 bridgehead atoms. The van der Waals surface area contributed by atoms with Crippen LogP contribution in [0.2, 0.25) is 0 Å². The second-order valence-electron chi connectivity index (χ2n) is 7.82. The van der Waals surface area contributed by atoms with Crippen LogP contribution >= 0.6 is 0 Å². The van der Waals surface area contributed by atoms with Crippen LogP contribution < -0.4 is 5.32 Å². The molecule has 1 saturated carbocycles. The molecule has 2 aliphatic carbocycles. The lowest BCUT2D eigenvalue weighted by molar-refractivity contribution is -0.127. The molecule has 136 valence electrons. The Hall–Kier alpha value is -1.85. The Morgan fingerprint density at radius 1 is 1.04 bits per heavy atom. The van der Waals surface area contributed by atoms with Gasteiger partial charge >= 0.3 is 0 Å². The van der Waals surface area contributed by atoms with Crippen LogP contribution in [0, 0.1) is 5.92 Å². The maximum Gasteiger partial charge on any atom is 0.274 e. The van der Waals surface area contributed by atoms with Crippen LogP contribution in [0.15, 0.2) is 0 Å². The van der Waals surface area contributed by atoms with E-state index in [1.54, 1.807) is 0 Å². The lowest BCUT2D eigenvalue weighted by atomic mass is 9.93. The first kappa shape index (κ1) is 16.6. The van der Waals surface area contributed by atoms with Crippen LogP contribution in [-0.4, -0.2) is 46.0 Å². The summed E-state index contributed by atoms with van der Waals surface area (Å²) < 4.78 is 0. The van der Waals surface area contributed by atoms with E-state index < -0.39 is 0 Å². The van der Waals surface area contributed by atoms with Gasteiger partial charge in [-0.3, -0.25) is 14.7 Å². The highest BCUT2D eigenvalue weighted by Gasteiger charge is 2.33. The number of rotatable bonds is 3. The fraction of sp³-hybridized carbons (Fsp3) is 0.737. The average Bonchev–Trinajstić information content (AvgIpc) is 3.26. The third kappa shape index (κ3) is 3.44. The number of hydrogen-bond acceptors (Lipinski definition) is 3. The average molecular weight is 344 g/mol. The van der Waals surface area contributed by atoms with E-state index in [-0.39, 0.29) is 17.7 Å². The number of nitrogens with zero attached hydrogens (tertiary/aromatic N) is 2. The van der Waals surface area contributed by atoms with Crippen molar-refractivity contribution < 1.29 is 9.59 Å². The van der Waals surface area contributed by atoms with Crippen LogP contribution in [0.25, 0.3) is 0 Å². The minimum Gasteiger partial charge on any atom is -0.353 e. The third-order valence-corrected chi connectivity index (χ3v) is 6.04. The number of amides is 2. The highest BCUT2D eigenvalue weighted by atomic mass is 16.2. The molecule has 1 atom stereocenters. The van der Waals surface area contributed by atoms with Gasteiger partial charge in [0.15, 0.2) is 5.69 Å². The van der Waals surface area contributed by atoms with Crippen LogP contribution in [0.1, 0.15) is 73.1 Å². The van der Waals surface area contributed by atoms with Gasteiger partial charge in [-0.15, -0.1) is 0 Å². The number of nitrogens with one attached hydrogen (secondary N) is 2. The van der Waals surface area contributed by atoms with Crippen molar-refractivity contribution >= 4 is 11.8 Å². The smallest absolute Gasteiger partial charge is 0.274 e. The number of hydrogen-bond donors (Lipinski definition) is 2. The van der Waals surface area contributed by atoms with Crippen molar-refractivity contribution in [2.24, 2.45) is 5.92 Å². The van der Waals surface area contributed by atoms with Crippen LogP contribution in [0.5, 0.6) is 0 Å². The zero-order chi connectivity index (χ0) is 17.2. The van der Waals surface area contributed by atoms with E-state index >= 15 is 0 Å². The molecule has 2 N–H and O–H groups in total. The topological polar surface area (TPSA) is 78.1 Å². The number of carbonyl (C=O) groups excluding carboxylic acids is 2. The third-order valence-electron chi connectivity index (χ3n) is 6.04. The Kier molecular flexibility index (Phi) is 4.77. The maximum atomic E-state index is 12.9. The lowest BCUT2D eigenvalue weighted by Crippen LogP contribution is -2.48. The summed E-state index contributed by atoms with van der Waals surface area (Å²) in [5.41, 5.74) is 2.80. The van der Waals surface area contributed by atoms with Crippen LogP contribution in [0.3, 0.4) is 0 Å². The molecule has 3 aliphatic rings. The van der Waals surface area contributed by atoms with E-state index in [2.05, 4.69) is 15.5 Å². The van der Waals surface area contributed by atoms with Crippen molar-refractivity contribution in [2.45, 2.75) is 70.3 Å². The second kappa shape index (κ2) is 7.18. The lowest BCUT2D eigenvalue weighted by Gasteiger charge is -2.33. The Morgan fingerprint density at radius 3 is 2.72 bits per heavy atom. The number of aryl methyl sites for hydroxylation is 1. The van der Waals surface area contributed by atoms with E-state index in [0.29, 0.717) is 18.3 Å². The molecule has 1 aromatic rings. The summed E-state index contributed by atoms with van der Waals surface area (Å²) in [4.78, 5) is 27.4. The molecule has 2 amide bonds. The molecule has 1 aliphatic heterocycles. The molecule has 4 rings (SSSR count). The van der Waals surface area contributed by atoms with Crippen molar-refractivity contribution in [1.29, 1.82) is 0 Å². The summed E-state index contributed by atoms with van der Waals surface area (Å²) in [6, 6.07) is 0.335. The van der Waals surface area contributed by atoms with Gasteiger partial charge in [-0.25, -0.2) is 0 Å². The van der Waals surface area contributed by atoms with Gasteiger partial charge in [-0.1, -0.05) is 19.3 Å². The summed E-state index contributed by atoms with van der Waals surface area (Å²) >= 11 is 0. The van der Waals surface area contributed by atoms with Crippen molar-refractivity contribution in [1.82, 2.24) is 20.4 Å². The van der Waals surface area contributed by atoms with Crippen LogP contribution in [-0.2, 0) is 17.6 Å². The molecular formula is C19H28N4O2. The van der Waals surface area contributed by atoms with Gasteiger partial charge in [0.25, 0.3) is 5.91 Å². The molecule has 1 aromatic heterocycles. The van der Waals surface area contributed by atoms with Gasteiger partial charge in [0.05, 0.1) is 5.92 Å². The Balaban J connectivity index is 1.38. The Bertz CT molecular complexity index is 648. The highest BCUT2D eigenvalue weighted by Crippen LogP contribution is 2.26. The fourth-order valence-electron chi connectivity index (χ4n) is 4.59. The normalized spacial score (nSPS) is 24.2. The first-order valence-electron chi connectivity index (χ1n) is 9.88. The summed E-state index contributed by atoms with van der Waals surface area (Å²) in [5, 5.41) is 10.5. The van der Waals surface area contributed by atoms with E-state index in [1.807, 2.05) is 4.90 Å². The largest absolute Gasteiger partial charge is 0.353 e. The fourth-order valence-corrected chi connectivity index (χ4v) is 4.59. The first-order valence-corrected chi connectivity index (χ1v) is 9.88. The van der Waals surface area contributed by atoms with Crippen molar-refractivity contribution in [3.05, 3.63) is 17.0 Å².